The first kappa shape index (κ1) is 20.1. The van der Waals surface area contributed by atoms with E-state index in [4.69, 9.17) is 0 Å². The third kappa shape index (κ3) is 5.39. The third-order valence-electron chi connectivity index (χ3n) is 6.39. The number of hydrogen-bond donors (Lipinski definition) is 0. The summed E-state index contributed by atoms with van der Waals surface area (Å²) in [5, 5.41) is 0. The molecule has 1 aliphatic carbocycles. The number of halogens is 2. The van der Waals surface area contributed by atoms with Gasteiger partial charge in [0.1, 0.15) is 0 Å². The normalized spacial score (nSPS) is 28.2. The molecule has 0 bridgehead atoms. The molecule has 0 atom stereocenters. The van der Waals surface area contributed by atoms with E-state index in [1.54, 1.807) is 0 Å². The zero-order valence-corrected chi connectivity index (χ0v) is 16.4. The molecule has 4 heteroatoms. The highest BCUT2D eigenvalue weighted by Crippen LogP contribution is 2.40. The van der Waals surface area contributed by atoms with Gasteiger partial charge in [-0.05, 0) is 82.7 Å². The topological polar surface area (TPSA) is 6.48 Å². The molecule has 0 aromatic rings. The fourth-order valence-electron chi connectivity index (χ4n) is 4.78. The second-order valence-electron chi connectivity index (χ2n) is 9.43. The molecule has 2 fully saturated rings. The smallest absolute Gasteiger partial charge is 0.295 e. The van der Waals surface area contributed by atoms with Crippen molar-refractivity contribution >= 4 is 0 Å². The SMILES string of the molecule is CC(C)N(C(F)F)C1CCN(CC2CCC(C(C)(C)C)CC2)CC1. The van der Waals surface area contributed by atoms with Crippen LogP contribution in [0.1, 0.15) is 73.1 Å². The summed E-state index contributed by atoms with van der Waals surface area (Å²) in [6, 6.07) is -0.0212. The number of nitrogens with zero attached hydrogens (tertiary/aromatic N) is 2. The van der Waals surface area contributed by atoms with Crippen molar-refractivity contribution in [3.63, 3.8) is 0 Å². The minimum atomic E-state index is -2.32. The maximum atomic E-state index is 13.2. The van der Waals surface area contributed by atoms with Crippen LogP contribution in [0.4, 0.5) is 8.78 Å². The van der Waals surface area contributed by atoms with Crippen molar-refractivity contribution in [3.8, 4) is 0 Å². The van der Waals surface area contributed by atoms with Crippen LogP contribution in [0.15, 0.2) is 0 Å². The van der Waals surface area contributed by atoms with E-state index in [0.717, 1.165) is 37.8 Å². The minimum absolute atomic E-state index is 0.0536. The minimum Gasteiger partial charge on any atom is -0.303 e. The number of likely N-dealkylation sites (tertiary alicyclic amines) is 1. The highest BCUT2D eigenvalue weighted by atomic mass is 19.3. The van der Waals surface area contributed by atoms with Gasteiger partial charge in [0.05, 0.1) is 0 Å². The van der Waals surface area contributed by atoms with Crippen molar-refractivity contribution < 1.29 is 8.78 Å². The molecule has 0 radical (unpaired) electrons. The lowest BCUT2D eigenvalue weighted by Gasteiger charge is -2.42. The lowest BCUT2D eigenvalue weighted by Crippen LogP contribution is -2.50. The molecule has 0 amide bonds. The molecule has 24 heavy (non-hydrogen) atoms. The monoisotopic (exact) mass is 344 g/mol. The zero-order chi connectivity index (χ0) is 17.9. The fraction of sp³-hybridized carbons (Fsp3) is 1.00. The predicted molar refractivity (Wildman–Crippen MR) is 97.3 cm³/mol. The molecule has 2 aliphatic rings. The summed E-state index contributed by atoms with van der Waals surface area (Å²) in [6.07, 6.45) is 7.18. The van der Waals surface area contributed by atoms with Gasteiger partial charge >= 0.3 is 0 Å². The standard InChI is InChI=1S/C20H38F2N2/c1-15(2)24(19(21)22)18-10-12-23(13-11-18)14-16-6-8-17(9-7-16)20(3,4)5/h15-19H,6-14H2,1-5H3. The Morgan fingerprint density at radius 2 is 1.50 bits per heavy atom. The molecule has 0 N–H and O–H groups in total. The van der Waals surface area contributed by atoms with Crippen molar-refractivity contribution in [2.45, 2.75) is 91.8 Å². The molecule has 1 saturated carbocycles. The first-order valence-electron chi connectivity index (χ1n) is 9.96. The summed E-state index contributed by atoms with van der Waals surface area (Å²) < 4.78 is 26.5. The number of rotatable bonds is 5. The predicted octanol–water partition coefficient (Wildman–Crippen LogP) is 5.24. The summed E-state index contributed by atoms with van der Waals surface area (Å²) in [7, 11) is 0. The van der Waals surface area contributed by atoms with E-state index in [1.165, 1.54) is 37.1 Å². The summed E-state index contributed by atoms with van der Waals surface area (Å²) in [4.78, 5) is 3.94. The van der Waals surface area contributed by atoms with Crippen molar-refractivity contribution in [1.82, 2.24) is 9.80 Å². The number of hydrogen-bond acceptors (Lipinski definition) is 2. The number of alkyl halides is 2. The molecule has 0 unspecified atom stereocenters. The van der Waals surface area contributed by atoms with Gasteiger partial charge in [-0.15, -0.1) is 0 Å². The van der Waals surface area contributed by atoms with Gasteiger partial charge in [-0.25, -0.2) is 4.90 Å². The Morgan fingerprint density at radius 1 is 0.958 bits per heavy atom. The molecular formula is C20H38F2N2. The Labute approximate surface area is 148 Å². The lowest BCUT2D eigenvalue weighted by molar-refractivity contribution is -0.0858. The Kier molecular flexibility index (Phi) is 7.07. The molecule has 1 saturated heterocycles. The molecule has 1 heterocycles. The van der Waals surface area contributed by atoms with Gasteiger partial charge in [-0.3, -0.25) is 0 Å². The van der Waals surface area contributed by atoms with Crippen LogP contribution in [0.25, 0.3) is 0 Å². The highest BCUT2D eigenvalue weighted by Gasteiger charge is 2.33. The van der Waals surface area contributed by atoms with E-state index in [-0.39, 0.29) is 12.1 Å². The van der Waals surface area contributed by atoms with E-state index >= 15 is 0 Å². The Balaban J connectivity index is 1.74. The van der Waals surface area contributed by atoms with Gasteiger partial charge in [0.2, 0.25) is 0 Å². The lowest BCUT2D eigenvalue weighted by atomic mass is 9.70. The molecule has 0 aromatic carbocycles. The van der Waals surface area contributed by atoms with Crippen LogP contribution in [0.5, 0.6) is 0 Å². The van der Waals surface area contributed by atoms with Crippen LogP contribution in [0, 0.1) is 17.3 Å². The van der Waals surface area contributed by atoms with E-state index in [2.05, 4.69) is 25.7 Å². The first-order valence-corrected chi connectivity index (χ1v) is 9.96. The van der Waals surface area contributed by atoms with Crippen molar-refractivity contribution in [2.75, 3.05) is 19.6 Å². The van der Waals surface area contributed by atoms with Crippen LogP contribution in [-0.2, 0) is 0 Å². The molecular weight excluding hydrogens is 306 g/mol. The van der Waals surface area contributed by atoms with Crippen LogP contribution in [-0.4, -0.2) is 48.1 Å². The summed E-state index contributed by atoms with van der Waals surface area (Å²) in [5.74, 6) is 1.68. The van der Waals surface area contributed by atoms with E-state index < -0.39 is 6.55 Å². The Hall–Kier alpha value is -0.220. The van der Waals surface area contributed by atoms with Crippen molar-refractivity contribution in [1.29, 1.82) is 0 Å². The zero-order valence-electron chi connectivity index (χ0n) is 16.4. The largest absolute Gasteiger partial charge is 0.303 e. The molecule has 2 rings (SSSR count). The van der Waals surface area contributed by atoms with Gasteiger partial charge in [0.15, 0.2) is 0 Å². The maximum absolute atomic E-state index is 13.2. The van der Waals surface area contributed by atoms with Gasteiger partial charge in [0.25, 0.3) is 6.55 Å². The summed E-state index contributed by atoms with van der Waals surface area (Å²) >= 11 is 0. The quantitative estimate of drug-likeness (QED) is 0.630. The van der Waals surface area contributed by atoms with Gasteiger partial charge < -0.3 is 4.90 Å². The summed E-state index contributed by atoms with van der Waals surface area (Å²) in [5.41, 5.74) is 0.443. The molecule has 2 nitrogen and oxygen atoms in total. The maximum Gasteiger partial charge on any atom is 0.295 e. The first-order chi connectivity index (χ1) is 11.2. The highest BCUT2D eigenvalue weighted by molar-refractivity contribution is 4.85. The average Bonchev–Trinajstić information content (AvgIpc) is 2.48. The Morgan fingerprint density at radius 3 is 1.92 bits per heavy atom. The van der Waals surface area contributed by atoms with E-state index in [0.29, 0.717) is 5.41 Å². The van der Waals surface area contributed by atoms with Crippen molar-refractivity contribution in [3.05, 3.63) is 0 Å². The van der Waals surface area contributed by atoms with Crippen molar-refractivity contribution in [2.24, 2.45) is 17.3 Å². The third-order valence-corrected chi connectivity index (χ3v) is 6.39. The molecule has 0 aromatic heterocycles. The van der Waals surface area contributed by atoms with Crippen LogP contribution in [0.2, 0.25) is 0 Å². The average molecular weight is 345 g/mol. The van der Waals surface area contributed by atoms with E-state index in [1.807, 2.05) is 13.8 Å². The second-order valence-corrected chi connectivity index (χ2v) is 9.43. The number of piperidine rings is 1. The van der Waals surface area contributed by atoms with Gasteiger partial charge in [0, 0.05) is 18.6 Å². The summed E-state index contributed by atoms with van der Waals surface area (Å²) in [6.45, 7) is 11.7. The van der Waals surface area contributed by atoms with Crippen LogP contribution < -0.4 is 0 Å². The molecule has 1 aliphatic heterocycles. The van der Waals surface area contributed by atoms with Gasteiger partial charge in [-0.2, -0.15) is 8.78 Å². The second kappa shape index (κ2) is 8.44. The molecule has 142 valence electrons. The van der Waals surface area contributed by atoms with E-state index in [9.17, 15) is 8.78 Å². The fourth-order valence-corrected chi connectivity index (χ4v) is 4.78. The Bertz CT molecular complexity index is 354. The van der Waals surface area contributed by atoms with Crippen LogP contribution >= 0.6 is 0 Å². The van der Waals surface area contributed by atoms with Crippen LogP contribution in [0.3, 0.4) is 0 Å². The molecule has 0 spiro atoms. The van der Waals surface area contributed by atoms with Gasteiger partial charge in [-0.1, -0.05) is 20.8 Å².